The lowest BCUT2D eigenvalue weighted by Crippen LogP contribution is -2.31. The number of carboxylic acids is 2. The van der Waals surface area contributed by atoms with Crippen LogP contribution in [0.5, 0.6) is 11.5 Å². The van der Waals surface area contributed by atoms with E-state index in [1.54, 1.807) is 11.3 Å². The first-order valence-electron chi connectivity index (χ1n) is 20.4. The van der Waals surface area contributed by atoms with Gasteiger partial charge in [-0.15, -0.1) is 58.2 Å². The maximum absolute atomic E-state index is 11.5. The van der Waals surface area contributed by atoms with Crippen molar-refractivity contribution in [1.29, 1.82) is 10.5 Å². The Morgan fingerprint density at radius 2 is 1.40 bits per heavy atom. The average Bonchev–Trinajstić information content (AvgIpc) is 4.15. The second kappa shape index (κ2) is 30.6. The van der Waals surface area contributed by atoms with E-state index in [-0.39, 0.29) is 18.2 Å². The maximum Gasteiger partial charge on any atom is 0.329 e. The van der Waals surface area contributed by atoms with Crippen LogP contribution in [0.25, 0.3) is 30.6 Å². The Kier molecular flexibility index (Phi) is 26.2. The molecule has 15 nitrogen and oxygen atoms in total. The fourth-order valence-electron chi connectivity index (χ4n) is 5.34. The summed E-state index contributed by atoms with van der Waals surface area (Å²) in [4.78, 5) is 37.9. The number of aliphatic carboxylic acids is 2. The third-order valence-electron chi connectivity index (χ3n) is 8.76. The lowest BCUT2D eigenvalue weighted by Gasteiger charge is -2.04. The van der Waals surface area contributed by atoms with E-state index in [2.05, 4.69) is 57.7 Å². The van der Waals surface area contributed by atoms with Crippen LogP contribution in [0.4, 0.5) is 0 Å². The number of thiol groups is 1. The van der Waals surface area contributed by atoms with Gasteiger partial charge in [0.1, 0.15) is 39.7 Å². The molecule has 6 aromatic rings. The van der Waals surface area contributed by atoms with E-state index in [0.717, 1.165) is 82.3 Å². The number of aliphatic imine (C=N–C) groups is 1. The first-order chi connectivity index (χ1) is 31.8. The third-order valence-corrected chi connectivity index (χ3v) is 16.7. The smallest absolute Gasteiger partial charge is 0.329 e. The van der Waals surface area contributed by atoms with Crippen molar-refractivity contribution in [3.05, 3.63) is 75.2 Å². The third kappa shape index (κ3) is 19.2. The molecular weight excluding hydrogens is 1030 g/mol. The van der Waals surface area contributed by atoms with Crippen LogP contribution in [0.3, 0.4) is 0 Å². The first-order valence-corrected chi connectivity index (χ1v) is 28.6. The number of aromatic nitrogens is 3. The summed E-state index contributed by atoms with van der Waals surface area (Å²) < 4.78 is 36.9. The Morgan fingerprint density at radius 3 is 1.91 bits per heavy atom. The molecule has 4 N–H and O–H groups in total. The minimum atomic E-state index is -1.00. The Balaban J connectivity index is 0.000000251. The van der Waals surface area contributed by atoms with Gasteiger partial charge in [-0.1, -0.05) is 26.8 Å². The molecule has 4 atom stereocenters. The summed E-state index contributed by atoms with van der Waals surface area (Å²) in [5, 5.41) is 37.1. The number of carboxylic acid groups (broad SMARTS) is 2. The molecule has 1 aliphatic heterocycles. The highest BCUT2D eigenvalue weighted by Crippen LogP contribution is 2.31. The zero-order valence-electron chi connectivity index (χ0n) is 36.7. The van der Waals surface area contributed by atoms with Crippen molar-refractivity contribution in [3.63, 3.8) is 0 Å². The van der Waals surface area contributed by atoms with E-state index in [1.165, 1.54) is 40.0 Å². The second-order valence-electron chi connectivity index (χ2n) is 13.4. The number of nitrogens with zero attached hydrogens (tertiary/aromatic N) is 6. The number of nitriles is 2. The van der Waals surface area contributed by atoms with E-state index in [0.29, 0.717) is 46.2 Å². The van der Waals surface area contributed by atoms with Crippen LogP contribution >= 0.6 is 82.6 Å². The molecule has 0 saturated heterocycles. The molecule has 360 valence electrons. The monoisotopic (exact) mass is 1080 g/mol. The number of hydrogen-bond donors (Lipinski definition) is 4. The molecule has 0 bridgehead atoms. The van der Waals surface area contributed by atoms with E-state index >= 15 is 0 Å². The maximum atomic E-state index is 11.5. The summed E-state index contributed by atoms with van der Waals surface area (Å²) >= 11 is 11.3. The normalized spacial score (nSPS) is 14.0. The Bertz CT molecular complexity index is 2720. The standard InChI is InChI=1S/C16H18N2O3S3.C12H12N2O2S2.C12H12N2OS2.C3H7NO2S.ClH/c1-2-24(21)7-3-4-10-5-6-11-13(8-10)23-15(17-11)14-18-12(9-22-14)16(19)20;1-2-18(15)6-5-16-9-3-4-10-11(7-9)17-12(8-13)14-10;1-2-16-6-5-15-9-3-4-10-11(7-9)17-12(8-13)14-10;4-2(1-7)3(5)6;/h5-6,8,12H,2-4,7,9H2,1H3,(H,19,20);3-4,7H,2,5-6H2,1H3;3-4,7H,2,5-6H2,1H3;2,7H,1,4H2,(H,5,6);1H/t12-,24?;;;;/m1..../s1. The highest BCUT2D eigenvalue weighted by atomic mass is 35.5. The minimum absolute atomic E-state index is 0. The van der Waals surface area contributed by atoms with Crippen LogP contribution < -0.4 is 15.2 Å². The van der Waals surface area contributed by atoms with E-state index in [4.69, 9.17) is 35.9 Å². The summed E-state index contributed by atoms with van der Waals surface area (Å²) in [5.74, 6) is 5.12. The number of benzene rings is 3. The van der Waals surface area contributed by atoms with Crippen molar-refractivity contribution in [2.24, 2.45) is 10.7 Å². The molecule has 0 radical (unpaired) electrons. The molecule has 0 amide bonds. The lowest BCUT2D eigenvalue weighted by atomic mass is 10.1. The van der Waals surface area contributed by atoms with Crippen molar-refractivity contribution in [1.82, 2.24) is 15.0 Å². The van der Waals surface area contributed by atoms with Crippen molar-refractivity contribution in [2.45, 2.75) is 45.7 Å². The summed E-state index contributed by atoms with van der Waals surface area (Å²) in [7, 11) is -1.51. The number of fused-ring (bicyclic) bond motifs is 3. The predicted molar refractivity (Wildman–Crippen MR) is 285 cm³/mol. The Labute approximate surface area is 426 Å². The van der Waals surface area contributed by atoms with Crippen molar-refractivity contribution >= 4 is 152 Å². The molecule has 3 unspecified atom stereocenters. The van der Waals surface area contributed by atoms with Gasteiger partial charge in [0.25, 0.3) is 0 Å². The zero-order valence-corrected chi connectivity index (χ0v) is 44.1. The molecule has 4 heterocycles. The molecule has 7 rings (SSSR count). The molecule has 0 spiro atoms. The topological polar surface area (TPSA) is 252 Å². The predicted octanol–water partition coefficient (Wildman–Crippen LogP) is 8.31. The van der Waals surface area contributed by atoms with Gasteiger partial charge in [0.05, 0.1) is 49.6 Å². The molecule has 0 fully saturated rings. The van der Waals surface area contributed by atoms with Crippen LogP contribution in [0.2, 0.25) is 0 Å². The molecular formula is C43H50ClN7O8S8. The van der Waals surface area contributed by atoms with Crippen molar-refractivity contribution < 1.29 is 37.7 Å². The van der Waals surface area contributed by atoms with Gasteiger partial charge in [-0.2, -0.15) is 34.9 Å². The first kappa shape index (κ1) is 57.4. The molecule has 24 heteroatoms. The number of ether oxygens (including phenoxy) is 2. The fourth-order valence-corrected chi connectivity index (χ4v) is 11.0. The Morgan fingerprint density at radius 1 is 0.851 bits per heavy atom. The van der Waals surface area contributed by atoms with Gasteiger partial charge >= 0.3 is 11.9 Å². The van der Waals surface area contributed by atoms with Gasteiger partial charge in [-0.3, -0.25) is 18.2 Å². The number of aryl methyl sites for hydroxylation is 1. The number of nitrogens with two attached hydrogens (primary N) is 1. The highest BCUT2D eigenvalue weighted by Gasteiger charge is 2.27. The van der Waals surface area contributed by atoms with Gasteiger partial charge in [-0.05, 0) is 72.7 Å². The Hall–Kier alpha value is -3.88. The van der Waals surface area contributed by atoms with Gasteiger partial charge in [-0.25, -0.2) is 19.7 Å². The van der Waals surface area contributed by atoms with Gasteiger partial charge in [0.2, 0.25) is 0 Å². The molecule has 3 aromatic heterocycles. The molecule has 0 saturated carbocycles. The zero-order chi connectivity index (χ0) is 48.0. The molecule has 0 aliphatic carbocycles. The largest absolute Gasteiger partial charge is 0.493 e. The minimum Gasteiger partial charge on any atom is -0.493 e. The average molecular weight is 1080 g/mol. The summed E-state index contributed by atoms with van der Waals surface area (Å²) in [6.45, 7) is 7.13. The number of hydrogen-bond acceptors (Lipinski definition) is 19. The summed E-state index contributed by atoms with van der Waals surface area (Å²) in [6, 6.07) is 20.1. The van der Waals surface area contributed by atoms with E-state index < -0.39 is 45.6 Å². The van der Waals surface area contributed by atoms with Crippen LogP contribution in [-0.2, 0) is 37.6 Å². The van der Waals surface area contributed by atoms with Gasteiger partial charge in [0, 0.05) is 56.1 Å². The number of thiazole rings is 3. The number of thioether (sulfide) groups is 2. The van der Waals surface area contributed by atoms with E-state index in [1.807, 2.05) is 74.1 Å². The number of rotatable bonds is 19. The van der Waals surface area contributed by atoms with Crippen LogP contribution in [0.15, 0.2) is 59.6 Å². The van der Waals surface area contributed by atoms with Crippen LogP contribution in [0.1, 0.15) is 47.8 Å². The molecule has 67 heavy (non-hydrogen) atoms. The highest BCUT2D eigenvalue weighted by molar-refractivity contribution is 8.15. The summed E-state index contributed by atoms with van der Waals surface area (Å²) in [5.41, 5.74) is 8.74. The summed E-state index contributed by atoms with van der Waals surface area (Å²) in [6.07, 6.45) is 1.83. The second-order valence-corrected chi connectivity index (χ2v) is 23.0. The van der Waals surface area contributed by atoms with Crippen LogP contribution in [0, 0.1) is 22.7 Å². The van der Waals surface area contributed by atoms with Gasteiger partial charge in [0.15, 0.2) is 16.1 Å². The van der Waals surface area contributed by atoms with Gasteiger partial charge < -0.3 is 25.4 Å². The van der Waals surface area contributed by atoms with Crippen molar-refractivity contribution in [3.8, 4) is 23.6 Å². The lowest BCUT2D eigenvalue weighted by molar-refractivity contribution is -0.138. The van der Waals surface area contributed by atoms with E-state index in [9.17, 15) is 18.0 Å². The van der Waals surface area contributed by atoms with Crippen molar-refractivity contribution in [2.75, 3.05) is 59.2 Å². The number of halogens is 1. The SMILES string of the molecule is CCS(=O)CCCc1ccc2nc(C3=N[C@@H](C(=O)O)CS3)sc2c1.CCS(=O)CCOc1ccc2nc(C#N)sc2c1.CCSCCOc1ccc2nc(C#N)sc2c1.Cl.NC(CS)C(=O)O. The van der Waals surface area contributed by atoms with Crippen LogP contribution in [-0.4, -0.2) is 122 Å². The quantitative estimate of drug-likeness (QED) is 0.0439. The fraction of sp³-hybridized carbons (Fsp3) is 0.395. The molecule has 3 aromatic carbocycles. The molecule has 1 aliphatic rings. The number of carbonyl (C=O) groups is 2.